The SMILES string of the molecule is CC(NCCCNC(=O)OC(C)(C)C)c1cccc(Br)c1. The van der Waals surface area contributed by atoms with E-state index in [1.54, 1.807) is 0 Å². The van der Waals surface area contributed by atoms with Gasteiger partial charge in [-0.05, 0) is 58.4 Å². The van der Waals surface area contributed by atoms with Crippen LogP contribution in [0.15, 0.2) is 28.7 Å². The third-order valence-electron chi connectivity index (χ3n) is 2.82. The van der Waals surface area contributed by atoms with Crippen LogP contribution in [0, 0.1) is 0 Å². The lowest BCUT2D eigenvalue weighted by Crippen LogP contribution is -2.34. The first-order chi connectivity index (χ1) is 9.78. The maximum Gasteiger partial charge on any atom is 0.407 e. The minimum Gasteiger partial charge on any atom is -0.444 e. The van der Waals surface area contributed by atoms with Gasteiger partial charge in [0.2, 0.25) is 0 Å². The van der Waals surface area contributed by atoms with Gasteiger partial charge < -0.3 is 15.4 Å². The first kappa shape index (κ1) is 18.0. The molecule has 0 aromatic heterocycles. The molecule has 0 aliphatic heterocycles. The maximum atomic E-state index is 11.5. The van der Waals surface area contributed by atoms with Gasteiger partial charge in [0.15, 0.2) is 0 Å². The van der Waals surface area contributed by atoms with Crippen molar-refractivity contribution in [2.24, 2.45) is 0 Å². The second-order valence-electron chi connectivity index (χ2n) is 6.01. The number of nitrogens with one attached hydrogen (secondary N) is 2. The number of ether oxygens (including phenoxy) is 1. The summed E-state index contributed by atoms with van der Waals surface area (Å²) in [4.78, 5) is 11.5. The van der Waals surface area contributed by atoms with E-state index in [4.69, 9.17) is 4.74 Å². The first-order valence-corrected chi connectivity index (χ1v) is 8.03. The molecular weight excluding hydrogens is 332 g/mol. The zero-order chi connectivity index (χ0) is 15.9. The van der Waals surface area contributed by atoms with E-state index in [1.807, 2.05) is 32.9 Å². The van der Waals surface area contributed by atoms with Gasteiger partial charge in [-0.3, -0.25) is 0 Å². The highest BCUT2D eigenvalue weighted by Crippen LogP contribution is 2.17. The summed E-state index contributed by atoms with van der Waals surface area (Å²) in [6.07, 6.45) is 0.500. The molecule has 0 aliphatic carbocycles. The smallest absolute Gasteiger partial charge is 0.407 e. The summed E-state index contributed by atoms with van der Waals surface area (Å²) in [5.41, 5.74) is 0.793. The van der Waals surface area contributed by atoms with Crippen molar-refractivity contribution in [3.63, 3.8) is 0 Å². The summed E-state index contributed by atoms with van der Waals surface area (Å²) >= 11 is 3.47. The summed E-state index contributed by atoms with van der Waals surface area (Å²) in [6, 6.07) is 8.53. The molecule has 0 spiro atoms. The quantitative estimate of drug-likeness (QED) is 0.757. The topological polar surface area (TPSA) is 50.4 Å². The fraction of sp³-hybridized carbons (Fsp3) is 0.562. The number of halogens is 1. The van der Waals surface area contributed by atoms with Crippen molar-refractivity contribution in [2.45, 2.75) is 45.8 Å². The maximum absolute atomic E-state index is 11.5. The number of carbonyl (C=O) groups is 1. The van der Waals surface area contributed by atoms with Crippen molar-refractivity contribution < 1.29 is 9.53 Å². The van der Waals surface area contributed by atoms with Crippen LogP contribution in [-0.2, 0) is 4.74 Å². The monoisotopic (exact) mass is 356 g/mol. The normalized spacial score (nSPS) is 12.8. The Hall–Kier alpha value is -1.07. The summed E-state index contributed by atoms with van der Waals surface area (Å²) in [5, 5.41) is 6.19. The van der Waals surface area contributed by atoms with Gasteiger partial charge >= 0.3 is 6.09 Å². The lowest BCUT2D eigenvalue weighted by molar-refractivity contribution is 0.0527. The van der Waals surface area contributed by atoms with Gasteiger partial charge in [0, 0.05) is 17.1 Å². The number of amides is 1. The number of hydrogen-bond donors (Lipinski definition) is 2. The summed E-state index contributed by atoms with van der Waals surface area (Å²) in [6.45, 7) is 9.13. The summed E-state index contributed by atoms with van der Waals surface area (Å²) in [7, 11) is 0. The Bertz CT molecular complexity index is 458. The number of hydrogen-bond acceptors (Lipinski definition) is 3. The van der Waals surface area contributed by atoms with Crippen LogP contribution >= 0.6 is 15.9 Å². The highest BCUT2D eigenvalue weighted by atomic mass is 79.9. The molecule has 0 bridgehead atoms. The Kier molecular flexibility index (Phi) is 7.18. The number of alkyl carbamates (subject to hydrolysis) is 1. The standard InChI is InChI=1S/C16H25BrN2O2/c1-12(13-7-5-8-14(17)11-13)18-9-6-10-19-15(20)21-16(2,3)4/h5,7-8,11-12,18H,6,9-10H2,1-4H3,(H,19,20). The molecule has 0 saturated heterocycles. The summed E-state index contributed by atoms with van der Waals surface area (Å²) < 4.78 is 6.26. The molecule has 1 aromatic carbocycles. The van der Waals surface area contributed by atoms with E-state index in [0.717, 1.165) is 17.4 Å². The number of benzene rings is 1. The molecule has 118 valence electrons. The number of carbonyl (C=O) groups excluding carboxylic acids is 1. The largest absolute Gasteiger partial charge is 0.444 e. The van der Waals surface area contributed by atoms with E-state index in [0.29, 0.717) is 6.54 Å². The van der Waals surface area contributed by atoms with Gasteiger partial charge in [-0.25, -0.2) is 4.79 Å². The summed E-state index contributed by atoms with van der Waals surface area (Å²) in [5.74, 6) is 0. The molecule has 5 heteroatoms. The molecular formula is C16H25BrN2O2. The van der Waals surface area contributed by atoms with Crippen molar-refractivity contribution in [3.05, 3.63) is 34.3 Å². The second kappa shape index (κ2) is 8.39. The molecule has 2 N–H and O–H groups in total. The molecule has 4 nitrogen and oxygen atoms in total. The van der Waals surface area contributed by atoms with E-state index in [2.05, 4.69) is 45.6 Å². The number of rotatable bonds is 6. The zero-order valence-corrected chi connectivity index (χ0v) is 14.8. The molecule has 0 fully saturated rings. The lowest BCUT2D eigenvalue weighted by Gasteiger charge is -2.20. The molecule has 1 aromatic rings. The van der Waals surface area contributed by atoms with Crippen molar-refractivity contribution in [1.29, 1.82) is 0 Å². The molecule has 0 saturated carbocycles. The van der Waals surface area contributed by atoms with Gasteiger partial charge in [0.1, 0.15) is 5.60 Å². The van der Waals surface area contributed by atoms with Gasteiger partial charge in [0.25, 0.3) is 0 Å². The van der Waals surface area contributed by atoms with Crippen LogP contribution in [0.4, 0.5) is 4.79 Å². The third kappa shape index (κ3) is 8.07. The molecule has 0 radical (unpaired) electrons. The van der Waals surface area contributed by atoms with Gasteiger partial charge in [-0.1, -0.05) is 28.1 Å². The van der Waals surface area contributed by atoms with Gasteiger partial charge in [-0.15, -0.1) is 0 Å². The Morgan fingerprint density at radius 2 is 2.05 bits per heavy atom. The Morgan fingerprint density at radius 1 is 1.33 bits per heavy atom. The van der Waals surface area contributed by atoms with E-state index in [-0.39, 0.29) is 12.1 Å². The fourth-order valence-corrected chi connectivity index (χ4v) is 2.22. The van der Waals surface area contributed by atoms with Crippen LogP contribution in [0.5, 0.6) is 0 Å². The highest BCUT2D eigenvalue weighted by Gasteiger charge is 2.15. The zero-order valence-electron chi connectivity index (χ0n) is 13.2. The predicted octanol–water partition coefficient (Wildman–Crippen LogP) is 4.01. The second-order valence-corrected chi connectivity index (χ2v) is 6.93. The van der Waals surface area contributed by atoms with Crippen LogP contribution in [0.1, 0.15) is 45.7 Å². The van der Waals surface area contributed by atoms with E-state index in [9.17, 15) is 4.79 Å². The van der Waals surface area contributed by atoms with E-state index >= 15 is 0 Å². The lowest BCUT2D eigenvalue weighted by atomic mass is 10.1. The van der Waals surface area contributed by atoms with Gasteiger partial charge in [0.05, 0.1) is 0 Å². The predicted molar refractivity (Wildman–Crippen MR) is 89.4 cm³/mol. The van der Waals surface area contributed by atoms with Crippen LogP contribution in [0.2, 0.25) is 0 Å². The van der Waals surface area contributed by atoms with Crippen molar-refractivity contribution in [2.75, 3.05) is 13.1 Å². The Balaban J connectivity index is 2.18. The van der Waals surface area contributed by atoms with Gasteiger partial charge in [-0.2, -0.15) is 0 Å². The average molecular weight is 357 g/mol. The molecule has 0 aliphatic rings. The molecule has 1 unspecified atom stereocenters. The molecule has 1 atom stereocenters. The van der Waals surface area contributed by atoms with Crippen LogP contribution < -0.4 is 10.6 Å². The van der Waals surface area contributed by atoms with Crippen LogP contribution in [0.25, 0.3) is 0 Å². The van der Waals surface area contributed by atoms with Crippen molar-refractivity contribution in [3.8, 4) is 0 Å². The van der Waals surface area contributed by atoms with Crippen molar-refractivity contribution >= 4 is 22.0 Å². The minimum atomic E-state index is -0.447. The molecule has 0 heterocycles. The first-order valence-electron chi connectivity index (χ1n) is 7.23. The third-order valence-corrected chi connectivity index (χ3v) is 3.31. The van der Waals surface area contributed by atoms with E-state index in [1.165, 1.54) is 5.56 Å². The van der Waals surface area contributed by atoms with Crippen LogP contribution in [-0.4, -0.2) is 24.8 Å². The average Bonchev–Trinajstić information content (AvgIpc) is 2.36. The van der Waals surface area contributed by atoms with Crippen molar-refractivity contribution in [1.82, 2.24) is 10.6 Å². The Labute approximate surface area is 135 Å². The fourth-order valence-electron chi connectivity index (χ4n) is 1.81. The molecule has 21 heavy (non-hydrogen) atoms. The van der Waals surface area contributed by atoms with Crippen LogP contribution in [0.3, 0.4) is 0 Å². The van der Waals surface area contributed by atoms with E-state index < -0.39 is 5.60 Å². The minimum absolute atomic E-state index is 0.282. The Morgan fingerprint density at radius 3 is 2.67 bits per heavy atom. The molecule has 1 rings (SSSR count). The highest BCUT2D eigenvalue weighted by molar-refractivity contribution is 9.10. The molecule has 1 amide bonds.